The highest BCUT2D eigenvalue weighted by atomic mass is 19.1. The van der Waals surface area contributed by atoms with Gasteiger partial charge in [0.15, 0.2) is 17.4 Å². The van der Waals surface area contributed by atoms with Gasteiger partial charge >= 0.3 is 0 Å². The highest BCUT2D eigenvalue weighted by Crippen LogP contribution is 2.27. The molecule has 2 N–H and O–H groups in total. The number of rotatable bonds is 3. The number of nitrogens with zero attached hydrogens (tertiary/aromatic N) is 1. The molecule has 5 heteroatoms. The minimum Gasteiger partial charge on any atom is -0.433 e. The maximum Gasteiger partial charge on any atom is 0.256 e. The normalized spacial score (nSPS) is 10.4. The van der Waals surface area contributed by atoms with Crippen LogP contribution >= 0.6 is 0 Å². The van der Waals surface area contributed by atoms with Crippen LogP contribution in [0.15, 0.2) is 30.5 Å². The van der Waals surface area contributed by atoms with Crippen LogP contribution in [0.4, 0.5) is 8.78 Å². The molecule has 0 unspecified atom stereocenters. The van der Waals surface area contributed by atoms with Crippen molar-refractivity contribution < 1.29 is 13.5 Å². The Balaban J connectivity index is 2.37. The summed E-state index contributed by atoms with van der Waals surface area (Å²) in [5, 5.41) is 0. The van der Waals surface area contributed by atoms with Crippen LogP contribution in [-0.2, 0) is 6.54 Å². The molecule has 0 saturated carbocycles. The number of aryl methyl sites for hydroxylation is 1. The zero-order valence-electron chi connectivity index (χ0n) is 9.78. The van der Waals surface area contributed by atoms with Gasteiger partial charge in [-0.15, -0.1) is 0 Å². The quantitative estimate of drug-likeness (QED) is 0.911. The lowest BCUT2D eigenvalue weighted by atomic mass is 10.2. The number of aromatic nitrogens is 1. The molecule has 0 aliphatic rings. The van der Waals surface area contributed by atoms with Crippen molar-refractivity contribution in [3.05, 3.63) is 53.2 Å². The SMILES string of the molecule is Cc1cccc(Oc2nccc(CN)c2F)c1F. The van der Waals surface area contributed by atoms with E-state index in [0.717, 1.165) is 0 Å². The molecule has 0 fully saturated rings. The summed E-state index contributed by atoms with van der Waals surface area (Å²) in [5.41, 5.74) is 6.06. The Hall–Kier alpha value is -2.01. The third-order valence-corrected chi connectivity index (χ3v) is 2.52. The fourth-order valence-corrected chi connectivity index (χ4v) is 1.49. The Bertz CT molecular complexity index is 573. The fourth-order valence-electron chi connectivity index (χ4n) is 1.49. The van der Waals surface area contributed by atoms with E-state index in [1.807, 2.05) is 0 Å². The second kappa shape index (κ2) is 5.10. The Morgan fingerprint density at radius 3 is 2.72 bits per heavy atom. The average Bonchev–Trinajstić information content (AvgIpc) is 2.37. The number of hydrogen-bond donors (Lipinski definition) is 1. The van der Waals surface area contributed by atoms with Gasteiger partial charge in [-0.3, -0.25) is 0 Å². The smallest absolute Gasteiger partial charge is 0.256 e. The van der Waals surface area contributed by atoms with Gasteiger partial charge in [-0.2, -0.15) is 0 Å². The third-order valence-electron chi connectivity index (χ3n) is 2.52. The number of ether oxygens (including phenoxy) is 1. The van der Waals surface area contributed by atoms with Crippen LogP contribution < -0.4 is 10.5 Å². The van der Waals surface area contributed by atoms with E-state index >= 15 is 0 Å². The Morgan fingerprint density at radius 2 is 2.00 bits per heavy atom. The van der Waals surface area contributed by atoms with Crippen molar-refractivity contribution >= 4 is 0 Å². The first-order valence-electron chi connectivity index (χ1n) is 5.40. The Kier molecular flexibility index (Phi) is 3.53. The number of hydrogen-bond acceptors (Lipinski definition) is 3. The Morgan fingerprint density at radius 1 is 1.22 bits per heavy atom. The summed E-state index contributed by atoms with van der Waals surface area (Å²) in [6.45, 7) is 1.63. The first kappa shape index (κ1) is 12.4. The molecule has 0 spiro atoms. The van der Waals surface area contributed by atoms with Gasteiger partial charge in [0.1, 0.15) is 0 Å². The standard InChI is InChI=1S/C13H12F2N2O/c1-8-3-2-4-10(11(8)14)18-13-12(15)9(7-16)5-6-17-13/h2-6H,7,16H2,1H3. The maximum atomic E-state index is 13.8. The molecule has 0 aliphatic heterocycles. The average molecular weight is 250 g/mol. The van der Waals surface area contributed by atoms with Gasteiger partial charge < -0.3 is 10.5 Å². The van der Waals surface area contributed by atoms with Gasteiger partial charge in [-0.1, -0.05) is 12.1 Å². The Labute approximate surface area is 103 Å². The third kappa shape index (κ3) is 2.31. The molecule has 2 rings (SSSR count). The van der Waals surface area contributed by atoms with Crippen molar-refractivity contribution in [3.8, 4) is 11.6 Å². The molecule has 0 bridgehead atoms. The van der Waals surface area contributed by atoms with E-state index in [4.69, 9.17) is 10.5 Å². The second-order valence-electron chi connectivity index (χ2n) is 3.78. The van der Waals surface area contributed by atoms with Crippen LogP contribution in [-0.4, -0.2) is 4.98 Å². The van der Waals surface area contributed by atoms with Gasteiger partial charge in [0.25, 0.3) is 5.88 Å². The van der Waals surface area contributed by atoms with E-state index in [2.05, 4.69) is 4.98 Å². The monoisotopic (exact) mass is 250 g/mol. The number of pyridine rings is 1. The molecule has 2 aromatic rings. The lowest BCUT2D eigenvalue weighted by Crippen LogP contribution is -2.03. The second-order valence-corrected chi connectivity index (χ2v) is 3.78. The van der Waals surface area contributed by atoms with E-state index in [9.17, 15) is 8.78 Å². The summed E-state index contributed by atoms with van der Waals surface area (Å²) >= 11 is 0. The summed E-state index contributed by atoms with van der Waals surface area (Å²) in [5.74, 6) is -1.53. The molecule has 94 valence electrons. The molecular formula is C13H12F2N2O. The van der Waals surface area contributed by atoms with E-state index < -0.39 is 11.6 Å². The van der Waals surface area contributed by atoms with Gasteiger partial charge in [-0.25, -0.2) is 13.8 Å². The van der Waals surface area contributed by atoms with Crippen molar-refractivity contribution in [2.24, 2.45) is 5.73 Å². The summed E-state index contributed by atoms with van der Waals surface area (Å²) in [7, 11) is 0. The zero-order chi connectivity index (χ0) is 13.1. The topological polar surface area (TPSA) is 48.1 Å². The van der Waals surface area contributed by atoms with Crippen molar-refractivity contribution in [1.82, 2.24) is 4.98 Å². The van der Waals surface area contributed by atoms with Crippen molar-refractivity contribution in [1.29, 1.82) is 0 Å². The predicted octanol–water partition coefficient (Wildman–Crippen LogP) is 2.92. The highest BCUT2D eigenvalue weighted by Gasteiger charge is 2.13. The van der Waals surface area contributed by atoms with Gasteiger partial charge in [0.05, 0.1) is 0 Å². The van der Waals surface area contributed by atoms with Crippen LogP contribution in [0.3, 0.4) is 0 Å². The lowest BCUT2D eigenvalue weighted by Gasteiger charge is -2.09. The summed E-state index contributed by atoms with van der Waals surface area (Å²) in [4.78, 5) is 3.73. The minimum atomic E-state index is -0.666. The summed E-state index contributed by atoms with van der Waals surface area (Å²) < 4.78 is 32.6. The zero-order valence-corrected chi connectivity index (χ0v) is 9.78. The van der Waals surface area contributed by atoms with Crippen LogP contribution in [0.25, 0.3) is 0 Å². The first-order valence-corrected chi connectivity index (χ1v) is 5.40. The van der Waals surface area contributed by atoms with Gasteiger partial charge in [0, 0.05) is 18.3 Å². The van der Waals surface area contributed by atoms with Gasteiger partial charge in [-0.05, 0) is 24.6 Å². The molecular weight excluding hydrogens is 238 g/mol. The number of halogens is 2. The molecule has 0 aliphatic carbocycles. The van der Waals surface area contributed by atoms with Crippen LogP contribution in [0.1, 0.15) is 11.1 Å². The first-order chi connectivity index (χ1) is 8.63. The summed E-state index contributed by atoms with van der Waals surface area (Å²) in [6, 6.07) is 6.09. The predicted molar refractivity (Wildman–Crippen MR) is 63.3 cm³/mol. The summed E-state index contributed by atoms with van der Waals surface area (Å²) in [6.07, 6.45) is 1.37. The van der Waals surface area contributed by atoms with Crippen molar-refractivity contribution in [2.75, 3.05) is 0 Å². The van der Waals surface area contributed by atoms with Crippen LogP contribution in [0.5, 0.6) is 11.6 Å². The molecule has 3 nitrogen and oxygen atoms in total. The molecule has 18 heavy (non-hydrogen) atoms. The molecule has 0 atom stereocenters. The van der Waals surface area contributed by atoms with E-state index in [1.165, 1.54) is 18.3 Å². The molecule has 1 aromatic carbocycles. The highest BCUT2D eigenvalue weighted by molar-refractivity contribution is 5.34. The number of benzene rings is 1. The largest absolute Gasteiger partial charge is 0.433 e. The molecule has 0 amide bonds. The maximum absolute atomic E-state index is 13.8. The van der Waals surface area contributed by atoms with Crippen molar-refractivity contribution in [2.45, 2.75) is 13.5 Å². The van der Waals surface area contributed by atoms with E-state index in [0.29, 0.717) is 5.56 Å². The number of nitrogens with two attached hydrogens (primary N) is 1. The van der Waals surface area contributed by atoms with Gasteiger partial charge in [0.2, 0.25) is 0 Å². The van der Waals surface area contributed by atoms with Crippen LogP contribution in [0.2, 0.25) is 0 Å². The van der Waals surface area contributed by atoms with Crippen LogP contribution in [0, 0.1) is 18.6 Å². The molecule has 0 saturated heterocycles. The molecule has 1 aromatic heterocycles. The molecule has 0 radical (unpaired) electrons. The van der Waals surface area contributed by atoms with Crippen molar-refractivity contribution in [3.63, 3.8) is 0 Å². The minimum absolute atomic E-state index is 0.0288. The molecule has 1 heterocycles. The lowest BCUT2D eigenvalue weighted by molar-refractivity contribution is 0.394. The van der Waals surface area contributed by atoms with E-state index in [-0.39, 0.29) is 23.7 Å². The van der Waals surface area contributed by atoms with E-state index in [1.54, 1.807) is 19.1 Å². The fraction of sp³-hybridized carbons (Fsp3) is 0.154.